The first-order valence-electron chi connectivity index (χ1n) is 6.88. The Labute approximate surface area is 130 Å². The molecule has 2 aromatic carbocycles. The molecular weight excluding hydrogens is 284 g/mol. The highest BCUT2D eigenvalue weighted by molar-refractivity contribution is 6.32. The van der Waals surface area contributed by atoms with Crippen molar-refractivity contribution in [2.45, 2.75) is 19.9 Å². The summed E-state index contributed by atoms with van der Waals surface area (Å²) in [7, 11) is 0. The number of halogens is 1. The maximum atomic E-state index is 8.88. The van der Waals surface area contributed by atoms with Crippen LogP contribution < -0.4 is 10.1 Å². The second kappa shape index (κ2) is 7.56. The molecule has 0 fully saturated rings. The highest BCUT2D eigenvalue weighted by Gasteiger charge is 2.03. The molecule has 4 heteroatoms. The van der Waals surface area contributed by atoms with E-state index in [-0.39, 0.29) is 0 Å². The van der Waals surface area contributed by atoms with Crippen LogP contribution in [-0.2, 0) is 6.54 Å². The summed E-state index contributed by atoms with van der Waals surface area (Å²) >= 11 is 6.19. The molecule has 0 saturated carbocycles. The molecule has 0 spiro atoms. The molecule has 0 amide bonds. The zero-order valence-electron chi connectivity index (χ0n) is 11.9. The minimum Gasteiger partial charge on any atom is -0.492 e. The fourth-order valence-corrected chi connectivity index (χ4v) is 2.13. The lowest BCUT2D eigenvalue weighted by Gasteiger charge is -2.10. The van der Waals surface area contributed by atoms with Crippen molar-refractivity contribution in [1.82, 2.24) is 0 Å². The topological polar surface area (TPSA) is 45.0 Å². The van der Waals surface area contributed by atoms with Gasteiger partial charge in [0.25, 0.3) is 0 Å². The quantitative estimate of drug-likeness (QED) is 0.847. The van der Waals surface area contributed by atoms with Crippen molar-refractivity contribution >= 4 is 17.3 Å². The molecule has 0 aliphatic heterocycles. The Morgan fingerprint density at radius 2 is 2.10 bits per heavy atom. The van der Waals surface area contributed by atoms with Gasteiger partial charge in [0.05, 0.1) is 23.3 Å². The number of hydrogen-bond donors (Lipinski definition) is 1. The molecule has 2 aromatic rings. The van der Waals surface area contributed by atoms with E-state index in [9.17, 15) is 0 Å². The molecule has 0 aromatic heterocycles. The van der Waals surface area contributed by atoms with Crippen LogP contribution in [0.2, 0.25) is 5.02 Å². The first-order valence-corrected chi connectivity index (χ1v) is 7.26. The third-order valence-corrected chi connectivity index (χ3v) is 3.24. The fourth-order valence-electron chi connectivity index (χ4n) is 1.89. The summed E-state index contributed by atoms with van der Waals surface area (Å²) in [6, 6.07) is 15.3. The number of nitrogens with zero attached hydrogens (tertiary/aromatic N) is 1. The van der Waals surface area contributed by atoms with E-state index in [0.29, 0.717) is 29.5 Å². The van der Waals surface area contributed by atoms with Gasteiger partial charge in [0.2, 0.25) is 0 Å². The molecule has 0 aliphatic rings. The smallest absolute Gasteiger partial charge is 0.138 e. The number of ether oxygens (including phenoxy) is 1. The molecule has 21 heavy (non-hydrogen) atoms. The lowest BCUT2D eigenvalue weighted by molar-refractivity contribution is 0.317. The minimum atomic E-state index is 0.597. The molecule has 0 heterocycles. The molecule has 1 N–H and O–H groups in total. The van der Waals surface area contributed by atoms with E-state index in [1.807, 2.05) is 36.4 Å². The number of anilines is 1. The van der Waals surface area contributed by atoms with Crippen molar-refractivity contribution < 1.29 is 4.74 Å². The van der Waals surface area contributed by atoms with E-state index in [1.165, 1.54) is 0 Å². The van der Waals surface area contributed by atoms with E-state index in [2.05, 4.69) is 18.3 Å². The molecule has 0 aliphatic carbocycles. The monoisotopic (exact) mass is 300 g/mol. The van der Waals surface area contributed by atoms with Gasteiger partial charge in [-0.3, -0.25) is 0 Å². The van der Waals surface area contributed by atoms with Gasteiger partial charge in [0.1, 0.15) is 5.75 Å². The van der Waals surface area contributed by atoms with Crippen molar-refractivity contribution in [3.63, 3.8) is 0 Å². The first kappa shape index (κ1) is 15.2. The first-order chi connectivity index (χ1) is 10.2. The van der Waals surface area contributed by atoms with E-state index < -0.39 is 0 Å². The van der Waals surface area contributed by atoms with E-state index in [0.717, 1.165) is 17.7 Å². The van der Waals surface area contributed by atoms with Crippen molar-refractivity contribution in [1.29, 1.82) is 5.26 Å². The number of rotatable bonds is 6. The van der Waals surface area contributed by atoms with Gasteiger partial charge in [-0.05, 0) is 42.3 Å². The van der Waals surface area contributed by atoms with Crippen LogP contribution in [0.1, 0.15) is 24.5 Å². The van der Waals surface area contributed by atoms with Crippen LogP contribution in [-0.4, -0.2) is 6.61 Å². The number of nitriles is 1. The van der Waals surface area contributed by atoms with Gasteiger partial charge in [0, 0.05) is 12.2 Å². The van der Waals surface area contributed by atoms with Crippen LogP contribution >= 0.6 is 11.6 Å². The summed E-state index contributed by atoms with van der Waals surface area (Å²) in [6.07, 6.45) is 0.950. The SMILES string of the molecule is CCCOc1ccc(NCc2cccc(C#N)c2)cc1Cl. The van der Waals surface area contributed by atoms with Crippen LogP contribution in [0.5, 0.6) is 5.75 Å². The van der Waals surface area contributed by atoms with Crippen molar-refractivity contribution in [3.8, 4) is 11.8 Å². The highest BCUT2D eigenvalue weighted by atomic mass is 35.5. The molecule has 108 valence electrons. The van der Waals surface area contributed by atoms with Crippen LogP contribution in [0.4, 0.5) is 5.69 Å². The van der Waals surface area contributed by atoms with Gasteiger partial charge >= 0.3 is 0 Å². The highest BCUT2D eigenvalue weighted by Crippen LogP contribution is 2.28. The molecular formula is C17H17ClN2O. The van der Waals surface area contributed by atoms with Crippen molar-refractivity contribution in [3.05, 3.63) is 58.6 Å². The third kappa shape index (κ3) is 4.40. The Hall–Kier alpha value is -2.18. The van der Waals surface area contributed by atoms with Gasteiger partial charge in [-0.1, -0.05) is 30.7 Å². The molecule has 0 saturated heterocycles. The summed E-state index contributed by atoms with van der Waals surface area (Å²) in [5.74, 6) is 0.704. The van der Waals surface area contributed by atoms with Gasteiger partial charge in [-0.2, -0.15) is 5.26 Å². The lowest BCUT2D eigenvalue weighted by atomic mass is 10.1. The lowest BCUT2D eigenvalue weighted by Crippen LogP contribution is -2.00. The standard InChI is InChI=1S/C17H17ClN2O/c1-2-8-21-17-7-6-15(10-16(17)18)20-12-14-5-3-4-13(9-14)11-19/h3-7,9-10,20H,2,8,12H2,1H3. The summed E-state index contributed by atoms with van der Waals surface area (Å²) < 4.78 is 5.54. The van der Waals surface area contributed by atoms with Crippen LogP contribution in [0, 0.1) is 11.3 Å². The van der Waals surface area contributed by atoms with Gasteiger partial charge in [-0.25, -0.2) is 0 Å². The predicted octanol–water partition coefficient (Wildman–Crippen LogP) is 4.61. The molecule has 0 radical (unpaired) electrons. The Bertz CT molecular complexity index is 649. The van der Waals surface area contributed by atoms with Gasteiger partial charge in [0.15, 0.2) is 0 Å². The molecule has 0 atom stereocenters. The summed E-state index contributed by atoms with van der Waals surface area (Å²) in [6.45, 7) is 3.35. The fraction of sp³-hybridized carbons (Fsp3) is 0.235. The number of nitrogens with one attached hydrogen (secondary N) is 1. The summed E-state index contributed by atoms with van der Waals surface area (Å²) in [4.78, 5) is 0. The third-order valence-electron chi connectivity index (χ3n) is 2.95. The average molecular weight is 301 g/mol. The Morgan fingerprint density at radius 1 is 1.24 bits per heavy atom. The van der Waals surface area contributed by atoms with Crippen molar-refractivity contribution in [2.24, 2.45) is 0 Å². The van der Waals surface area contributed by atoms with Crippen LogP contribution in [0.15, 0.2) is 42.5 Å². The summed E-state index contributed by atoms with van der Waals surface area (Å²) in [5, 5.41) is 12.8. The molecule has 3 nitrogen and oxygen atoms in total. The Balaban J connectivity index is 2.00. The predicted molar refractivity (Wildman–Crippen MR) is 85.7 cm³/mol. The minimum absolute atomic E-state index is 0.597. The summed E-state index contributed by atoms with van der Waals surface area (Å²) in [5.41, 5.74) is 2.64. The zero-order valence-corrected chi connectivity index (χ0v) is 12.7. The number of benzene rings is 2. The normalized spacial score (nSPS) is 9.95. The maximum Gasteiger partial charge on any atom is 0.138 e. The average Bonchev–Trinajstić information content (AvgIpc) is 2.52. The second-order valence-electron chi connectivity index (χ2n) is 4.66. The van der Waals surface area contributed by atoms with Crippen LogP contribution in [0.25, 0.3) is 0 Å². The van der Waals surface area contributed by atoms with Crippen molar-refractivity contribution in [2.75, 3.05) is 11.9 Å². The Kier molecular flexibility index (Phi) is 5.48. The molecule has 2 rings (SSSR count). The van der Waals surface area contributed by atoms with E-state index >= 15 is 0 Å². The van der Waals surface area contributed by atoms with E-state index in [4.69, 9.17) is 21.6 Å². The van der Waals surface area contributed by atoms with E-state index in [1.54, 1.807) is 6.07 Å². The largest absolute Gasteiger partial charge is 0.492 e. The maximum absolute atomic E-state index is 8.88. The molecule has 0 bridgehead atoms. The zero-order chi connectivity index (χ0) is 15.1. The molecule has 0 unspecified atom stereocenters. The Morgan fingerprint density at radius 3 is 2.81 bits per heavy atom. The van der Waals surface area contributed by atoms with Gasteiger partial charge < -0.3 is 10.1 Å². The second-order valence-corrected chi connectivity index (χ2v) is 5.07. The number of hydrogen-bond acceptors (Lipinski definition) is 3. The van der Waals surface area contributed by atoms with Crippen LogP contribution in [0.3, 0.4) is 0 Å². The van der Waals surface area contributed by atoms with Gasteiger partial charge in [-0.15, -0.1) is 0 Å².